The third-order valence-corrected chi connectivity index (χ3v) is 4.99. The van der Waals surface area contributed by atoms with Gasteiger partial charge in [-0.2, -0.15) is 0 Å². The summed E-state index contributed by atoms with van der Waals surface area (Å²) in [5.41, 5.74) is 1.45. The number of anilines is 2. The lowest BCUT2D eigenvalue weighted by molar-refractivity contribution is -0.128. The molecule has 0 unspecified atom stereocenters. The molecule has 1 N–H and O–H groups in total. The molecule has 7 heteroatoms. The van der Waals surface area contributed by atoms with E-state index in [1.54, 1.807) is 49.6 Å². The summed E-state index contributed by atoms with van der Waals surface area (Å²) in [6.45, 7) is 1.37. The van der Waals surface area contributed by atoms with E-state index in [1.807, 2.05) is 18.2 Å². The predicted molar refractivity (Wildman–Crippen MR) is 113 cm³/mol. The Hall–Kier alpha value is -3.87. The Balaban J connectivity index is 1.58. The molecule has 3 aromatic carbocycles. The number of amides is 2. The fourth-order valence-corrected chi connectivity index (χ4v) is 3.55. The van der Waals surface area contributed by atoms with Crippen LogP contribution in [-0.4, -0.2) is 37.5 Å². The molecule has 0 saturated carbocycles. The highest BCUT2D eigenvalue weighted by Crippen LogP contribution is 2.31. The van der Waals surface area contributed by atoms with Crippen LogP contribution in [-0.2, 0) is 14.3 Å². The summed E-state index contributed by atoms with van der Waals surface area (Å²) in [6, 6.07) is 17.6. The minimum absolute atomic E-state index is 0.136. The Labute approximate surface area is 173 Å². The van der Waals surface area contributed by atoms with Crippen LogP contribution in [0.5, 0.6) is 5.75 Å². The number of nitrogens with zero attached hydrogens (tertiary/aromatic N) is 1. The van der Waals surface area contributed by atoms with Crippen LogP contribution in [0.4, 0.5) is 11.4 Å². The summed E-state index contributed by atoms with van der Waals surface area (Å²) in [5, 5.41) is 4.17. The van der Waals surface area contributed by atoms with Crippen molar-refractivity contribution < 1.29 is 23.9 Å². The van der Waals surface area contributed by atoms with E-state index >= 15 is 0 Å². The van der Waals surface area contributed by atoms with Gasteiger partial charge in [0.2, 0.25) is 5.91 Å². The third kappa shape index (κ3) is 3.45. The molecule has 152 valence electrons. The van der Waals surface area contributed by atoms with Crippen molar-refractivity contribution in [1.29, 1.82) is 0 Å². The van der Waals surface area contributed by atoms with Gasteiger partial charge in [0.05, 0.1) is 24.0 Å². The van der Waals surface area contributed by atoms with Gasteiger partial charge in [-0.05, 0) is 36.6 Å². The Morgan fingerprint density at radius 2 is 1.70 bits per heavy atom. The highest BCUT2D eigenvalue weighted by Gasteiger charge is 2.31. The molecular formula is C23H20N2O5. The smallest absolute Gasteiger partial charge is 0.339 e. The number of esters is 1. The number of hydrogen-bond donors (Lipinski definition) is 1. The van der Waals surface area contributed by atoms with Crippen LogP contribution in [0.1, 0.15) is 17.3 Å². The Morgan fingerprint density at radius 3 is 2.47 bits per heavy atom. The molecule has 2 amide bonds. The van der Waals surface area contributed by atoms with Crippen molar-refractivity contribution >= 4 is 39.9 Å². The molecule has 0 radical (unpaired) electrons. The van der Waals surface area contributed by atoms with Crippen molar-refractivity contribution in [2.75, 3.05) is 23.9 Å². The minimum atomic E-state index is -1.07. The number of hydrogen-bond acceptors (Lipinski definition) is 5. The van der Waals surface area contributed by atoms with Crippen LogP contribution in [0.2, 0.25) is 0 Å². The van der Waals surface area contributed by atoms with Crippen molar-refractivity contribution in [3.63, 3.8) is 0 Å². The van der Waals surface area contributed by atoms with E-state index in [1.165, 1.54) is 11.8 Å². The first-order valence-electron chi connectivity index (χ1n) is 9.46. The van der Waals surface area contributed by atoms with Gasteiger partial charge in [0, 0.05) is 5.39 Å². The second-order valence-electron chi connectivity index (χ2n) is 6.90. The molecular weight excluding hydrogens is 384 g/mol. The van der Waals surface area contributed by atoms with Crippen LogP contribution in [0.25, 0.3) is 10.8 Å². The first-order valence-corrected chi connectivity index (χ1v) is 9.46. The number of benzene rings is 3. The van der Waals surface area contributed by atoms with Gasteiger partial charge in [-0.15, -0.1) is 0 Å². The van der Waals surface area contributed by atoms with E-state index in [9.17, 15) is 14.4 Å². The van der Waals surface area contributed by atoms with Crippen molar-refractivity contribution in [1.82, 2.24) is 0 Å². The first kappa shape index (κ1) is 19.4. The number of carbonyl (C=O) groups excluding carboxylic acids is 3. The molecule has 3 aromatic rings. The van der Waals surface area contributed by atoms with Crippen molar-refractivity contribution in [2.45, 2.75) is 13.0 Å². The number of carbonyl (C=O) groups is 3. The van der Waals surface area contributed by atoms with Crippen molar-refractivity contribution in [3.05, 3.63) is 66.2 Å². The molecule has 1 aliphatic heterocycles. The zero-order valence-electron chi connectivity index (χ0n) is 16.5. The molecule has 0 aliphatic carbocycles. The topological polar surface area (TPSA) is 84.9 Å². The normalized spacial score (nSPS) is 13.9. The van der Waals surface area contributed by atoms with Gasteiger partial charge in [-0.1, -0.05) is 36.4 Å². The number of rotatable bonds is 4. The van der Waals surface area contributed by atoms with E-state index in [-0.39, 0.29) is 12.5 Å². The minimum Gasteiger partial charge on any atom is -0.496 e. The maximum atomic E-state index is 13.0. The predicted octanol–water partition coefficient (Wildman–Crippen LogP) is 3.38. The van der Waals surface area contributed by atoms with E-state index in [2.05, 4.69) is 5.32 Å². The van der Waals surface area contributed by atoms with Gasteiger partial charge < -0.3 is 14.8 Å². The zero-order chi connectivity index (χ0) is 21.3. The lowest BCUT2D eigenvalue weighted by Gasteiger charge is -2.30. The molecule has 0 aromatic heterocycles. The van der Waals surface area contributed by atoms with Gasteiger partial charge in [-0.3, -0.25) is 14.5 Å². The van der Waals surface area contributed by atoms with Gasteiger partial charge in [0.15, 0.2) is 6.10 Å². The number of nitrogens with one attached hydrogen (secondary N) is 1. The Morgan fingerprint density at radius 1 is 1.00 bits per heavy atom. The summed E-state index contributed by atoms with van der Waals surface area (Å²) in [7, 11) is 1.56. The second-order valence-corrected chi connectivity index (χ2v) is 6.90. The zero-order valence-corrected chi connectivity index (χ0v) is 16.5. The maximum absolute atomic E-state index is 13.0. The SMILES string of the molecule is COc1ccc(C(=O)O[C@H](C)C(=O)N2CC(=O)Nc3ccccc32)c2ccccc12. The van der Waals surface area contributed by atoms with Gasteiger partial charge in [-0.25, -0.2) is 4.79 Å². The Bertz CT molecular complexity index is 1160. The standard InChI is InChI=1S/C23H20N2O5/c1-14(22(27)25-13-21(26)24-18-9-5-6-10-19(18)25)30-23(28)17-11-12-20(29-2)16-8-4-3-7-15(16)17/h3-12,14H,13H2,1-2H3,(H,24,26)/t14-/m1/s1. The van der Waals surface area contributed by atoms with Gasteiger partial charge in [0.1, 0.15) is 12.3 Å². The lowest BCUT2D eigenvalue weighted by atomic mass is 10.0. The highest BCUT2D eigenvalue weighted by molar-refractivity contribution is 6.12. The molecule has 1 atom stereocenters. The molecule has 1 heterocycles. The first-order chi connectivity index (χ1) is 14.5. The van der Waals surface area contributed by atoms with Crippen LogP contribution < -0.4 is 15.0 Å². The van der Waals surface area contributed by atoms with Crippen LogP contribution in [0.15, 0.2) is 60.7 Å². The number of fused-ring (bicyclic) bond motifs is 2. The van der Waals surface area contributed by atoms with Crippen LogP contribution in [0, 0.1) is 0 Å². The second kappa shape index (κ2) is 7.87. The summed E-state index contributed by atoms with van der Waals surface area (Å²) in [4.78, 5) is 39.2. The molecule has 1 aliphatic rings. The summed E-state index contributed by atoms with van der Waals surface area (Å²) in [5.74, 6) is -0.753. The van der Waals surface area contributed by atoms with Crippen LogP contribution in [0.3, 0.4) is 0 Å². The Kier molecular flexibility index (Phi) is 5.10. The molecule has 4 rings (SSSR count). The van der Waals surface area contributed by atoms with Crippen molar-refractivity contribution in [3.8, 4) is 5.75 Å². The number of para-hydroxylation sites is 2. The fraction of sp³-hybridized carbons (Fsp3) is 0.174. The lowest BCUT2D eigenvalue weighted by Crippen LogP contribution is -2.47. The fourth-order valence-electron chi connectivity index (χ4n) is 3.55. The maximum Gasteiger partial charge on any atom is 0.339 e. The molecule has 0 saturated heterocycles. The van der Waals surface area contributed by atoms with Crippen LogP contribution >= 0.6 is 0 Å². The summed E-state index contributed by atoms with van der Waals surface area (Å²) >= 11 is 0. The average Bonchev–Trinajstić information content (AvgIpc) is 2.77. The summed E-state index contributed by atoms with van der Waals surface area (Å²) < 4.78 is 10.8. The van der Waals surface area contributed by atoms with Crippen molar-refractivity contribution in [2.24, 2.45) is 0 Å². The summed E-state index contributed by atoms with van der Waals surface area (Å²) in [6.07, 6.45) is -1.07. The van der Waals surface area contributed by atoms with Gasteiger partial charge in [0.25, 0.3) is 5.91 Å². The number of ether oxygens (including phenoxy) is 2. The quantitative estimate of drug-likeness (QED) is 0.674. The van der Waals surface area contributed by atoms with E-state index in [4.69, 9.17) is 9.47 Å². The van der Waals surface area contributed by atoms with E-state index in [0.717, 1.165) is 5.39 Å². The number of methoxy groups -OCH3 is 1. The molecule has 0 bridgehead atoms. The monoisotopic (exact) mass is 404 g/mol. The third-order valence-electron chi connectivity index (χ3n) is 4.99. The molecule has 0 spiro atoms. The van der Waals surface area contributed by atoms with Gasteiger partial charge >= 0.3 is 5.97 Å². The highest BCUT2D eigenvalue weighted by atomic mass is 16.5. The molecule has 0 fully saturated rings. The average molecular weight is 404 g/mol. The molecule has 7 nitrogen and oxygen atoms in total. The van der Waals surface area contributed by atoms with E-state index < -0.39 is 18.0 Å². The largest absolute Gasteiger partial charge is 0.496 e. The van der Waals surface area contributed by atoms with E-state index in [0.29, 0.717) is 28.1 Å². The molecule has 30 heavy (non-hydrogen) atoms.